The smallest absolute Gasteiger partial charge is 0.0543 e. The molecule has 9 aromatic carbocycles. The van der Waals surface area contributed by atoms with Crippen LogP contribution in [0.3, 0.4) is 0 Å². The Morgan fingerprint density at radius 3 is 1.71 bits per heavy atom. The number of hydrogen-bond acceptors (Lipinski definition) is 1. The van der Waals surface area contributed by atoms with Crippen LogP contribution in [0.2, 0.25) is 0 Å². The minimum atomic E-state index is -0.307. The molecule has 0 fully saturated rings. The summed E-state index contributed by atoms with van der Waals surface area (Å²) >= 11 is 0. The van der Waals surface area contributed by atoms with Crippen LogP contribution in [0.25, 0.3) is 55.3 Å². The van der Waals surface area contributed by atoms with Gasteiger partial charge in [-0.3, -0.25) is 0 Å². The first-order valence-corrected chi connectivity index (χ1v) is 19.1. The number of para-hydroxylation sites is 1. The molecule has 0 spiro atoms. The maximum Gasteiger partial charge on any atom is 0.0543 e. The van der Waals surface area contributed by atoms with Gasteiger partial charge in [0.05, 0.1) is 11.4 Å². The summed E-state index contributed by atoms with van der Waals surface area (Å²) in [6.07, 6.45) is 0. The van der Waals surface area contributed by atoms with Gasteiger partial charge in [-0.1, -0.05) is 182 Å². The summed E-state index contributed by atoms with van der Waals surface area (Å²) in [6.45, 7) is 2.39. The van der Waals surface area contributed by atoms with Crippen molar-refractivity contribution in [1.82, 2.24) is 0 Å². The van der Waals surface area contributed by atoms with E-state index in [4.69, 9.17) is 0 Å². The number of nitrogens with zero attached hydrogens (tertiary/aromatic N) is 1. The molecule has 0 heterocycles. The van der Waals surface area contributed by atoms with Gasteiger partial charge in [0, 0.05) is 22.2 Å². The van der Waals surface area contributed by atoms with Gasteiger partial charge in [-0.05, 0) is 104 Å². The second kappa shape index (κ2) is 13.5. The zero-order chi connectivity index (χ0) is 36.8. The number of hydrogen-bond donors (Lipinski definition) is 0. The molecule has 0 N–H and O–H groups in total. The lowest BCUT2D eigenvalue weighted by molar-refractivity contribution is 0.714. The molecule has 1 aliphatic carbocycles. The Morgan fingerprint density at radius 2 is 0.891 bits per heavy atom. The molecule has 0 saturated carbocycles. The lowest BCUT2D eigenvalue weighted by atomic mass is 9.74. The number of benzene rings is 9. The van der Waals surface area contributed by atoms with Crippen molar-refractivity contribution >= 4 is 27.8 Å². The van der Waals surface area contributed by atoms with E-state index in [1.54, 1.807) is 0 Å². The monoisotopic (exact) mass is 701 g/mol. The average molecular weight is 702 g/mol. The van der Waals surface area contributed by atoms with Gasteiger partial charge in [0.25, 0.3) is 0 Å². The van der Waals surface area contributed by atoms with Crippen LogP contribution < -0.4 is 4.90 Å². The van der Waals surface area contributed by atoms with Crippen LogP contribution >= 0.6 is 0 Å². The van der Waals surface area contributed by atoms with E-state index in [1.165, 1.54) is 72.0 Å². The van der Waals surface area contributed by atoms with E-state index >= 15 is 0 Å². The first kappa shape index (κ1) is 32.7. The van der Waals surface area contributed by atoms with E-state index in [2.05, 4.69) is 230 Å². The molecule has 0 aromatic heterocycles. The first-order chi connectivity index (χ1) is 27.2. The Morgan fingerprint density at radius 1 is 0.345 bits per heavy atom. The topological polar surface area (TPSA) is 3.24 Å². The van der Waals surface area contributed by atoms with Crippen molar-refractivity contribution in [3.63, 3.8) is 0 Å². The summed E-state index contributed by atoms with van der Waals surface area (Å²) < 4.78 is 0. The van der Waals surface area contributed by atoms with Crippen molar-refractivity contribution in [2.45, 2.75) is 12.3 Å². The van der Waals surface area contributed by atoms with Gasteiger partial charge in [-0.25, -0.2) is 0 Å². The van der Waals surface area contributed by atoms with Crippen molar-refractivity contribution in [1.29, 1.82) is 0 Å². The molecular formula is C54H39N. The van der Waals surface area contributed by atoms with E-state index in [0.29, 0.717) is 0 Å². The van der Waals surface area contributed by atoms with Crippen molar-refractivity contribution < 1.29 is 0 Å². The van der Waals surface area contributed by atoms with Gasteiger partial charge in [0.15, 0.2) is 0 Å². The summed E-state index contributed by atoms with van der Waals surface area (Å²) in [6, 6.07) is 79.8. The van der Waals surface area contributed by atoms with Crippen LogP contribution in [0.15, 0.2) is 218 Å². The maximum absolute atomic E-state index is 2.49. The van der Waals surface area contributed by atoms with Crippen LogP contribution in [-0.4, -0.2) is 0 Å². The fraction of sp³-hybridized carbons (Fsp3) is 0.0370. The Kier molecular flexibility index (Phi) is 8.00. The average Bonchev–Trinajstić information content (AvgIpc) is 3.54. The SMILES string of the molecule is CC1(c2ccccc2)c2ccccc2-c2c(N(c3ccc(-c4ccc5ccccc5c4)cc3)c3ccccc3-c3cccc(-c4ccccc4)c3)cccc21. The summed E-state index contributed by atoms with van der Waals surface area (Å²) in [5, 5.41) is 2.50. The van der Waals surface area contributed by atoms with Gasteiger partial charge in [-0.2, -0.15) is 0 Å². The molecule has 9 aromatic rings. The van der Waals surface area contributed by atoms with E-state index in [-0.39, 0.29) is 5.41 Å². The molecule has 1 unspecified atom stereocenters. The van der Waals surface area contributed by atoms with Crippen LogP contribution in [0.5, 0.6) is 0 Å². The highest BCUT2D eigenvalue weighted by molar-refractivity contribution is 5.99. The summed E-state index contributed by atoms with van der Waals surface area (Å²) in [4.78, 5) is 2.49. The Labute approximate surface area is 323 Å². The van der Waals surface area contributed by atoms with Gasteiger partial charge in [-0.15, -0.1) is 0 Å². The number of anilines is 3. The van der Waals surface area contributed by atoms with Crippen LogP contribution in [0.4, 0.5) is 17.1 Å². The van der Waals surface area contributed by atoms with E-state index in [0.717, 1.165) is 17.1 Å². The minimum absolute atomic E-state index is 0.307. The van der Waals surface area contributed by atoms with Crippen molar-refractivity contribution in [3.05, 3.63) is 235 Å². The Balaban J connectivity index is 1.19. The maximum atomic E-state index is 2.49. The van der Waals surface area contributed by atoms with Gasteiger partial charge in [0.1, 0.15) is 0 Å². The molecule has 0 saturated heterocycles. The molecule has 1 nitrogen and oxygen atoms in total. The zero-order valence-electron chi connectivity index (χ0n) is 30.7. The molecular weight excluding hydrogens is 663 g/mol. The van der Waals surface area contributed by atoms with Gasteiger partial charge in [0.2, 0.25) is 0 Å². The molecule has 10 rings (SSSR count). The highest BCUT2D eigenvalue weighted by Gasteiger charge is 2.42. The van der Waals surface area contributed by atoms with Crippen LogP contribution in [0.1, 0.15) is 23.6 Å². The quantitative estimate of drug-likeness (QED) is 0.160. The normalized spacial score (nSPS) is 14.3. The largest absolute Gasteiger partial charge is 0.309 e. The van der Waals surface area contributed by atoms with E-state index < -0.39 is 0 Å². The summed E-state index contributed by atoms with van der Waals surface area (Å²) in [5.41, 5.74) is 16.8. The Hall–Kier alpha value is -6.96. The molecule has 0 bridgehead atoms. The van der Waals surface area contributed by atoms with Crippen molar-refractivity contribution in [3.8, 4) is 44.5 Å². The molecule has 260 valence electrons. The Bertz CT molecular complexity index is 2820. The molecule has 1 heteroatoms. The summed E-state index contributed by atoms with van der Waals surface area (Å²) in [7, 11) is 0. The molecule has 1 atom stereocenters. The number of rotatable bonds is 7. The molecule has 1 aliphatic rings. The minimum Gasteiger partial charge on any atom is -0.309 e. The summed E-state index contributed by atoms with van der Waals surface area (Å²) in [5.74, 6) is 0. The standard InChI is InChI=1S/C54H39N/c1-54(45-22-6-3-7-23-45)49-26-12-10-25-48(49)53-50(54)27-15-29-52(53)55(46-34-32-40(33-35-46)43-31-30-39-18-8-9-19-41(39)36-43)51-28-13-11-24-47(51)44-21-14-20-42(37-44)38-16-4-2-5-17-38/h2-37H,1H3. The lowest BCUT2D eigenvalue weighted by Gasteiger charge is -2.31. The fourth-order valence-corrected chi connectivity index (χ4v) is 8.78. The third-order valence-corrected chi connectivity index (χ3v) is 11.5. The predicted octanol–water partition coefficient (Wildman–Crippen LogP) is 14.6. The third kappa shape index (κ3) is 5.56. The first-order valence-electron chi connectivity index (χ1n) is 19.1. The molecule has 0 aliphatic heterocycles. The van der Waals surface area contributed by atoms with E-state index in [1.807, 2.05) is 0 Å². The molecule has 0 amide bonds. The second-order valence-corrected chi connectivity index (χ2v) is 14.6. The second-order valence-electron chi connectivity index (χ2n) is 14.6. The fourth-order valence-electron chi connectivity index (χ4n) is 8.78. The van der Waals surface area contributed by atoms with Crippen molar-refractivity contribution in [2.75, 3.05) is 4.90 Å². The van der Waals surface area contributed by atoms with E-state index in [9.17, 15) is 0 Å². The highest BCUT2D eigenvalue weighted by atomic mass is 15.1. The lowest BCUT2D eigenvalue weighted by Crippen LogP contribution is -2.22. The zero-order valence-corrected chi connectivity index (χ0v) is 30.7. The molecule has 0 radical (unpaired) electrons. The van der Waals surface area contributed by atoms with Gasteiger partial charge >= 0.3 is 0 Å². The predicted molar refractivity (Wildman–Crippen MR) is 232 cm³/mol. The van der Waals surface area contributed by atoms with Crippen molar-refractivity contribution in [2.24, 2.45) is 0 Å². The number of fused-ring (bicyclic) bond motifs is 4. The van der Waals surface area contributed by atoms with Crippen LogP contribution in [-0.2, 0) is 5.41 Å². The molecule has 55 heavy (non-hydrogen) atoms. The van der Waals surface area contributed by atoms with Gasteiger partial charge < -0.3 is 4.90 Å². The highest BCUT2D eigenvalue weighted by Crippen LogP contribution is 2.57. The third-order valence-electron chi connectivity index (χ3n) is 11.5. The van der Waals surface area contributed by atoms with Crippen LogP contribution in [0, 0.1) is 0 Å².